The topological polar surface area (TPSA) is 86.8 Å². The summed E-state index contributed by atoms with van der Waals surface area (Å²) in [6, 6.07) is 17.4. The van der Waals surface area contributed by atoms with Gasteiger partial charge in [0.1, 0.15) is 12.6 Å². The van der Waals surface area contributed by atoms with Crippen molar-refractivity contribution >= 4 is 50.7 Å². The highest BCUT2D eigenvalue weighted by atomic mass is 35.5. The minimum atomic E-state index is -4.11. The van der Waals surface area contributed by atoms with Crippen LogP contribution >= 0.6 is 23.2 Å². The van der Waals surface area contributed by atoms with Crippen molar-refractivity contribution < 1.29 is 18.0 Å². The van der Waals surface area contributed by atoms with Gasteiger partial charge in [-0.1, -0.05) is 71.6 Å². The Bertz CT molecular complexity index is 1410. The first-order chi connectivity index (χ1) is 18.4. The fourth-order valence-electron chi connectivity index (χ4n) is 3.89. The summed E-state index contributed by atoms with van der Waals surface area (Å²) in [5.74, 6) is -0.884. The van der Waals surface area contributed by atoms with E-state index in [0.717, 1.165) is 21.9 Å². The van der Waals surface area contributed by atoms with Crippen molar-refractivity contribution in [3.63, 3.8) is 0 Å². The van der Waals surface area contributed by atoms with Gasteiger partial charge in [-0.05, 0) is 69.2 Å². The number of benzene rings is 3. The van der Waals surface area contributed by atoms with E-state index in [4.69, 9.17) is 23.2 Å². The summed E-state index contributed by atoms with van der Waals surface area (Å²) in [5.41, 5.74) is 2.84. The lowest BCUT2D eigenvalue weighted by Crippen LogP contribution is -2.51. The maximum Gasteiger partial charge on any atom is 0.264 e. The largest absolute Gasteiger partial charge is 0.354 e. The van der Waals surface area contributed by atoms with Crippen molar-refractivity contribution in [1.82, 2.24) is 10.2 Å². The van der Waals surface area contributed by atoms with Gasteiger partial charge in [0, 0.05) is 13.1 Å². The minimum Gasteiger partial charge on any atom is -0.354 e. The molecule has 3 aromatic carbocycles. The standard InChI is InChI=1S/C29H33Cl2N3O4S/c1-5-16-32-29(36)22(4)33(18-23-10-15-26(30)27(31)17-23)28(35)19-34(24-11-6-20(2)7-12-24)39(37,38)25-13-8-21(3)9-14-25/h6-15,17,22H,5,16,18-19H2,1-4H3,(H,32,36)/t22-/m0/s1. The highest BCUT2D eigenvalue weighted by Crippen LogP contribution is 2.26. The number of nitrogens with zero attached hydrogens (tertiary/aromatic N) is 2. The summed E-state index contributed by atoms with van der Waals surface area (Å²) in [6.45, 7) is 7.28. The SMILES string of the molecule is CCCNC(=O)[C@H](C)N(Cc1ccc(Cl)c(Cl)c1)C(=O)CN(c1ccc(C)cc1)S(=O)(=O)c1ccc(C)cc1. The van der Waals surface area contributed by atoms with E-state index in [2.05, 4.69) is 5.32 Å². The predicted molar refractivity (Wildman–Crippen MR) is 157 cm³/mol. The van der Waals surface area contributed by atoms with Gasteiger partial charge in [-0.2, -0.15) is 0 Å². The Hall–Kier alpha value is -3.07. The van der Waals surface area contributed by atoms with E-state index in [0.29, 0.717) is 27.8 Å². The molecule has 0 aliphatic carbocycles. The van der Waals surface area contributed by atoms with Crippen LogP contribution in [0.25, 0.3) is 0 Å². The van der Waals surface area contributed by atoms with E-state index in [9.17, 15) is 18.0 Å². The molecule has 0 heterocycles. The second kappa shape index (κ2) is 13.3. The Morgan fingerprint density at radius 2 is 1.49 bits per heavy atom. The van der Waals surface area contributed by atoms with E-state index in [1.165, 1.54) is 17.0 Å². The van der Waals surface area contributed by atoms with Gasteiger partial charge in [0.2, 0.25) is 11.8 Å². The van der Waals surface area contributed by atoms with E-state index in [1.54, 1.807) is 61.5 Å². The van der Waals surface area contributed by atoms with Crippen LogP contribution in [0.2, 0.25) is 10.0 Å². The molecule has 0 saturated heterocycles. The second-order valence-corrected chi connectivity index (χ2v) is 12.1. The van der Waals surface area contributed by atoms with Crippen LogP contribution in [0.3, 0.4) is 0 Å². The summed E-state index contributed by atoms with van der Waals surface area (Å²) in [6.07, 6.45) is 0.731. The molecule has 0 fully saturated rings. The van der Waals surface area contributed by atoms with E-state index in [-0.39, 0.29) is 17.3 Å². The van der Waals surface area contributed by atoms with Gasteiger partial charge in [-0.3, -0.25) is 13.9 Å². The number of hydrogen-bond donors (Lipinski definition) is 1. The van der Waals surface area contributed by atoms with Crippen molar-refractivity contribution in [2.45, 2.75) is 51.6 Å². The average molecular weight is 591 g/mol. The number of carbonyl (C=O) groups excluding carboxylic acids is 2. The Balaban J connectivity index is 2.02. The average Bonchev–Trinajstić information content (AvgIpc) is 2.91. The fraction of sp³-hybridized carbons (Fsp3) is 0.310. The van der Waals surface area contributed by atoms with Gasteiger partial charge < -0.3 is 10.2 Å². The molecule has 0 aliphatic rings. The molecule has 39 heavy (non-hydrogen) atoms. The summed E-state index contributed by atoms with van der Waals surface area (Å²) >= 11 is 12.3. The van der Waals surface area contributed by atoms with Crippen molar-refractivity contribution in [1.29, 1.82) is 0 Å². The molecule has 0 spiro atoms. The first-order valence-corrected chi connectivity index (χ1v) is 14.8. The van der Waals surface area contributed by atoms with Crippen LogP contribution in [0.4, 0.5) is 5.69 Å². The normalized spacial score (nSPS) is 12.1. The Labute approximate surface area is 240 Å². The van der Waals surface area contributed by atoms with Crippen LogP contribution < -0.4 is 9.62 Å². The van der Waals surface area contributed by atoms with Gasteiger partial charge in [0.15, 0.2) is 0 Å². The molecule has 0 radical (unpaired) electrons. The molecule has 0 saturated carbocycles. The number of amides is 2. The van der Waals surface area contributed by atoms with E-state index >= 15 is 0 Å². The lowest BCUT2D eigenvalue weighted by Gasteiger charge is -2.32. The highest BCUT2D eigenvalue weighted by molar-refractivity contribution is 7.92. The van der Waals surface area contributed by atoms with Crippen LogP contribution in [-0.2, 0) is 26.2 Å². The summed E-state index contributed by atoms with van der Waals surface area (Å²) < 4.78 is 28.7. The molecule has 0 aromatic heterocycles. The molecule has 0 aliphatic heterocycles. The quantitative estimate of drug-likeness (QED) is 0.308. The smallest absolute Gasteiger partial charge is 0.264 e. The van der Waals surface area contributed by atoms with Crippen LogP contribution in [0, 0.1) is 13.8 Å². The Kier molecular flexibility index (Phi) is 10.4. The molecular weight excluding hydrogens is 557 g/mol. The molecule has 7 nitrogen and oxygen atoms in total. The molecule has 2 amide bonds. The van der Waals surface area contributed by atoms with Crippen molar-refractivity contribution in [2.75, 3.05) is 17.4 Å². The predicted octanol–water partition coefficient (Wildman–Crippen LogP) is 5.75. The van der Waals surface area contributed by atoms with Crippen LogP contribution in [0.15, 0.2) is 71.6 Å². The summed E-state index contributed by atoms with van der Waals surface area (Å²) in [5, 5.41) is 3.49. The number of hydrogen-bond acceptors (Lipinski definition) is 4. The fourth-order valence-corrected chi connectivity index (χ4v) is 5.63. The zero-order valence-corrected chi connectivity index (χ0v) is 24.8. The van der Waals surface area contributed by atoms with Crippen molar-refractivity contribution in [3.05, 3.63) is 93.5 Å². The third kappa shape index (κ3) is 7.75. The number of sulfonamides is 1. The first kappa shape index (κ1) is 30.5. The molecule has 1 N–H and O–H groups in total. The third-order valence-corrected chi connectivity index (χ3v) is 8.79. The van der Waals surface area contributed by atoms with Gasteiger partial charge >= 0.3 is 0 Å². The molecule has 3 aromatic rings. The maximum atomic E-state index is 13.9. The molecular formula is C29H33Cl2N3O4S. The molecule has 0 unspecified atom stereocenters. The van der Waals surface area contributed by atoms with Crippen LogP contribution in [-0.4, -0.2) is 44.3 Å². The van der Waals surface area contributed by atoms with Crippen LogP contribution in [0.1, 0.15) is 37.0 Å². The number of carbonyl (C=O) groups is 2. The van der Waals surface area contributed by atoms with Crippen molar-refractivity contribution in [3.8, 4) is 0 Å². The highest BCUT2D eigenvalue weighted by Gasteiger charge is 2.32. The Morgan fingerprint density at radius 1 is 0.897 bits per heavy atom. The van der Waals surface area contributed by atoms with E-state index in [1.807, 2.05) is 20.8 Å². The van der Waals surface area contributed by atoms with Gasteiger partial charge in [-0.25, -0.2) is 8.42 Å². The molecule has 0 bridgehead atoms. The summed E-state index contributed by atoms with van der Waals surface area (Å²) in [7, 11) is -4.11. The minimum absolute atomic E-state index is 0.0305. The number of halogens is 2. The van der Waals surface area contributed by atoms with Crippen molar-refractivity contribution in [2.24, 2.45) is 0 Å². The maximum absolute atomic E-state index is 13.9. The zero-order valence-electron chi connectivity index (χ0n) is 22.4. The zero-order chi connectivity index (χ0) is 28.7. The summed E-state index contributed by atoms with van der Waals surface area (Å²) in [4.78, 5) is 28.2. The third-order valence-electron chi connectivity index (χ3n) is 6.26. The second-order valence-electron chi connectivity index (χ2n) is 9.40. The first-order valence-electron chi connectivity index (χ1n) is 12.6. The van der Waals surface area contributed by atoms with Gasteiger partial charge in [0.25, 0.3) is 10.0 Å². The monoisotopic (exact) mass is 589 g/mol. The molecule has 208 valence electrons. The molecule has 3 rings (SSSR count). The number of rotatable bonds is 11. The molecule has 10 heteroatoms. The Morgan fingerprint density at radius 3 is 2.05 bits per heavy atom. The lowest BCUT2D eigenvalue weighted by atomic mass is 10.1. The van der Waals surface area contributed by atoms with Gasteiger partial charge in [0.05, 0.1) is 20.6 Å². The van der Waals surface area contributed by atoms with E-state index < -0.39 is 28.5 Å². The number of aryl methyl sites for hydroxylation is 2. The lowest BCUT2D eigenvalue weighted by molar-refractivity contribution is -0.139. The van der Waals surface area contributed by atoms with Crippen LogP contribution in [0.5, 0.6) is 0 Å². The molecule has 1 atom stereocenters. The number of nitrogens with one attached hydrogen (secondary N) is 1. The number of anilines is 1. The van der Waals surface area contributed by atoms with Gasteiger partial charge in [-0.15, -0.1) is 0 Å².